The lowest BCUT2D eigenvalue weighted by atomic mass is 9.99. The molecule has 0 aromatic carbocycles. The topological polar surface area (TPSA) is 119 Å². The molecule has 1 aliphatic rings. The maximum absolute atomic E-state index is 11.9. The summed E-state index contributed by atoms with van der Waals surface area (Å²) in [6.07, 6.45) is 0.168. The Morgan fingerprint density at radius 1 is 1.53 bits per heavy atom. The molecule has 1 fully saturated rings. The minimum absolute atomic E-state index is 0.0965. The van der Waals surface area contributed by atoms with Crippen molar-refractivity contribution in [3.8, 4) is 0 Å². The van der Waals surface area contributed by atoms with E-state index in [0.717, 1.165) is 0 Å². The van der Waals surface area contributed by atoms with Gasteiger partial charge in [0.1, 0.15) is 0 Å². The van der Waals surface area contributed by atoms with E-state index in [4.69, 9.17) is 9.84 Å². The van der Waals surface area contributed by atoms with Crippen LogP contribution in [-0.2, 0) is 9.53 Å². The normalized spacial score (nSPS) is 22.1. The van der Waals surface area contributed by atoms with Gasteiger partial charge in [0.05, 0.1) is 16.4 Å². The van der Waals surface area contributed by atoms with Gasteiger partial charge in [-0.1, -0.05) is 11.3 Å². The van der Waals surface area contributed by atoms with E-state index in [1.807, 2.05) is 0 Å². The molecular weight excluding hydrogens is 276 g/mol. The molecule has 0 aliphatic carbocycles. The highest BCUT2D eigenvalue weighted by atomic mass is 32.1. The summed E-state index contributed by atoms with van der Waals surface area (Å²) in [4.78, 5) is 33.1. The zero-order valence-electron chi connectivity index (χ0n) is 9.62. The summed E-state index contributed by atoms with van der Waals surface area (Å²) in [6.45, 7) is 0.138. The Kier molecular flexibility index (Phi) is 3.49. The van der Waals surface area contributed by atoms with E-state index >= 15 is 0 Å². The maximum Gasteiger partial charge on any atom is 0.331 e. The van der Waals surface area contributed by atoms with Crippen molar-refractivity contribution in [2.75, 3.05) is 13.2 Å². The number of aliphatic carboxylic acids is 1. The first-order valence-corrected chi connectivity index (χ1v) is 6.14. The number of amides is 1. The quantitative estimate of drug-likeness (QED) is 0.619. The lowest BCUT2D eigenvalue weighted by molar-refractivity contribution is -0.380. The molecule has 2 rings (SSSR count). The first-order chi connectivity index (χ1) is 8.94. The molecule has 0 bridgehead atoms. The van der Waals surface area contributed by atoms with Crippen molar-refractivity contribution in [3.05, 3.63) is 27.1 Å². The average Bonchev–Trinajstić information content (AvgIpc) is 2.97. The fraction of sp³-hybridized carbons (Fsp3) is 0.400. The van der Waals surface area contributed by atoms with Gasteiger partial charge in [0.2, 0.25) is 0 Å². The number of carboxylic acids is 1. The molecule has 2 heterocycles. The maximum atomic E-state index is 11.9. The average molecular weight is 286 g/mol. The highest BCUT2D eigenvalue weighted by Crippen LogP contribution is 2.25. The van der Waals surface area contributed by atoms with E-state index in [1.165, 1.54) is 12.1 Å². The largest absolute Gasteiger partial charge is 0.479 e. The number of nitro groups is 1. The van der Waals surface area contributed by atoms with Gasteiger partial charge in [-0.05, 0) is 6.07 Å². The highest BCUT2D eigenvalue weighted by Gasteiger charge is 2.44. The third kappa shape index (κ3) is 2.56. The SMILES string of the molecule is O=C(NC1(C(=O)O)CCOC1)c1ccc([N+](=O)[O-])s1. The van der Waals surface area contributed by atoms with Crippen LogP contribution >= 0.6 is 11.3 Å². The molecule has 0 spiro atoms. The predicted molar refractivity (Wildman–Crippen MR) is 64.2 cm³/mol. The summed E-state index contributed by atoms with van der Waals surface area (Å²) in [5.41, 5.74) is -1.45. The van der Waals surface area contributed by atoms with Crippen molar-refractivity contribution in [1.29, 1.82) is 0 Å². The summed E-state index contributed by atoms with van der Waals surface area (Å²) in [5, 5.41) is 21.9. The molecule has 1 aromatic heterocycles. The molecule has 1 aromatic rings. The van der Waals surface area contributed by atoms with Crippen LogP contribution in [0.4, 0.5) is 5.00 Å². The Bertz CT molecular complexity index is 534. The number of carboxylic acid groups (broad SMARTS) is 1. The fourth-order valence-corrected chi connectivity index (χ4v) is 2.43. The van der Waals surface area contributed by atoms with Crippen LogP contribution in [0.15, 0.2) is 12.1 Å². The molecule has 1 atom stereocenters. The number of ether oxygens (including phenoxy) is 1. The van der Waals surface area contributed by atoms with Gasteiger partial charge >= 0.3 is 11.0 Å². The first kappa shape index (κ1) is 13.4. The second kappa shape index (κ2) is 4.94. The Balaban J connectivity index is 2.15. The van der Waals surface area contributed by atoms with E-state index in [2.05, 4.69) is 5.32 Å². The van der Waals surface area contributed by atoms with E-state index in [0.29, 0.717) is 11.3 Å². The van der Waals surface area contributed by atoms with Crippen molar-refractivity contribution in [2.45, 2.75) is 12.0 Å². The van der Waals surface area contributed by atoms with Gasteiger partial charge in [0.15, 0.2) is 5.54 Å². The third-order valence-electron chi connectivity index (χ3n) is 2.78. The number of nitrogens with one attached hydrogen (secondary N) is 1. The van der Waals surface area contributed by atoms with Crippen molar-refractivity contribution in [3.63, 3.8) is 0 Å². The van der Waals surface area contributed by atoms with Crippen molar-refractivity contribution < 1.29 is 24.4 Å². The van der Waals surface area contributed by atoms with E-state index < -0.39 is 22.3 Å². The second-order valence-electron chi connectivity index (χ2n) is 4.04. The molecule has 0 radical (unpaired) electrons. The summed E-state index contributed by atoms with van der Waals surface area (Å²) in [5.74, 6) is -1.82. The van der Waals surface area contributed by atoms with Gasteiger partial charge < -0.3 is 15.2 Å². The first-order valence-electron chi connectivity index (χ1n) is 5.32. The van der Waals surface area contributed by atoms with Crippen LogP contribution in [0.5, 0.6) is 0 Å². The van der Waals surface area contributed by atoms with Crippen LogP contribution in [0.1, 0.15) is 16.1 Å². The van der Waals surface area contributed by atoms with Crippen molar-refractivity contribution in [1.82, 2.24) is 5.32 Å². The lowest BCUT2D eigenvalue weighted by Crippen LogP contribution is -2.55. The molecule has 2 N–H and O–H groups in total. The fourth-order valence-electron chi connectivity index (χ4n) is 1.71. The van der Waals surface area contributed by atoms with E-state index in [-0.39, 0.29) is 29.5 Å². The van der Waals surface area contributed by atoms with Crippen LogP contribution in [0.25, 0.3) is 0 Å². The van der Waals surface area contributed by atoms with Gasteiger partial charge in [-0.15, -0.1) is 0 Å². The van der Waals surface area contributed by atoms with Crippen molar-refractivity contribution in [2.24, 2.45) is 0 Å². The standard InChI is InChI=1S/C10H10N2O6S/c13-8(6-1-2-7(19-6)12(16)17)11-10(9(14)15)3-4-18-5-10/h1-2H,3-5H2,(H,11,13)(H,14,15). The molecule has 1 aliphatic heterocycles. The Morgan fingerprint density at radius 2 is 2.26 bits per heavy atom. The molecule has 8 nitrogen and oxygen atoms in total. The number of thiophene rings is 1. The third-order valence-corrected chi connectivity index (χ3v) is 3.82. The zero-order chi connectivity index (χ0) is 14.0. The van der Waals surface area contributed by atoms with Crippen LogP contribution in [-0.4, -0.2) is 40.7 Å². The molecule has 9 heteroatoms. The number of carbonyl (C=O) groups excluding carboxylic acids is 1. The van der Waals surface area contributed by atoms with Crippen molar-refractivity contribution >= 4 is 28.2 Å². The minimum Gasteiger partial charge on any atom is -0.479 e. The number of nitrogens with zero attached hydrogens (tertiary/aromatic N) is 1. The minimum atomic E-state index is -1.45. The van der Waals surface area contributed by atoms with Crippen LogP contribution in [0.3, 0.4) is 0 Å². The molecule has 0 saturated carbocycles. The van der Waals surface area contributed by atoms with Gasteiger partial charge in [-0.3, -0.25) is 14.9 Å². The monoisotopic (exact) mass is 286 g/mol. The molecule has 1 saturated heterocycles. The molecule has 19 heavy (non-hydrogen) atoms. The summed E-state index contributed by atoms with van der Waals surface area (Å²) >= 11 is 0.698. The predicted octanol–water partition coefficient (Wildman–Crippen LogP) is 0.630. The van der Waals surface area contributed by atoms with Gasteiger partial charge in [-0.2, -0.15) is 0 Å². The van der Waals surface area contributed by atoms with Crippen LogP contribution in [0, 0.1) is 10.1 Å². The second-order valence-corrected chi connectivity index (χ2v) is 5.10. The number of hydrogen-bond donors (Lipinski definition) is 2. The smallest absolute Gasteiger partial charge is 0.331 e. The number of rotatable bonds is 4. The van der Waals surface area contributed by atoms with Gasteiger partial charge in [0, 0.05) is 19.1 Å². The molecule has 1 amide bonds. The Hall–Kier alpha value is -2.00. The lowest BCUT2D eigenvalue weighted by Gasteiger charge is -2.23. The molecular formula is C10H10N2O6S. The van der Waals surface area contributed by atoms with Crippen LogP contribution < -0.4 is 5.32 Å². The summed E-state index contributed by atoms with van der Waals surface area (Å²) < 4.78 is 5.00. The summed E-state index contributed by atoms with van der Waals surface area (Å²) in [7, 11) is 0. The Morgan fingerprint density at radius 3 is 2.74 bits per heavy atom. The highest BCUT2D eigenvalue weighted by molar-refractivity contribution is 7.17. The Labute approximate surface area is 111 Å². The number of hydrogen-bond acceptors (Lipinski definition) is 6. The van der Waals surface area contributed by atoms with Gasteiger partial charge in [-0.25, -0.2) is 4.79 Å². The van der Waals surface area contributed by atoms with E-state index in [1.54, 1.807) is 0 Å². The summed E-state index contributed by atoms with van der Waals surface area (Å²) in [6, 6.07) is 2.50. The molecule has 1 unspecified atom stereocenters. The van der Waals surface area contributed by atoms with Crippen LogP contribution in [0.2, 0.25) is 0 Å². The van der Waals surface area contributed by atoms with E-state index in [9.17, 15) is 19.7 Å². The van der Waals surface area contributed by atoms with Gasteiger partial charge in [0.25, 0.3) is 5.91 Å². The molecule has 102 valence electrons. The zero-order valence-corrected chi connectivity index (χ0v) is 10.4. The number of carbonyl (C=O) groups is 2.